The summed E-state index contributed by atoms with van der Waals surface area (Å²) in [7, 11) is 0. The minimum absolute atomic E-state index is 0.0301. The Bertz CT molecular complexity index is 647. The number of esters is 1. The van der Waals surface area contributed by atoms with Crippen molar-refractivity contribution in [2.75, 3.05) is 0 Å². The van der Waals surface area contributed by atoms with E-state index in [1.165, 1.54) is 11.1 Å². The number of hydrogen-bond acceptors (Lipinski definition) is 5. The second-order valence-corrected chi connectivity index (χ2v) is 9.96. The molecule has 3 aliphatic rings. The summed E-state index contributed by atoms with van der Waals surface area (Å²) in [6.45, 7) is 16.5. The van der Waals surface area contributed by atoms with E-state index in [0.29, 0.717) is 5.92 Å². The first kappa shape index (κ1) is 19.8. The minimum Gasteiger partial charge on any atom is -0.460 e. The van der Waals surface area contributed by atoms with Crippen LogP contribution in [0.3, 0.4) is 0 Å². The molecular formula is C21H34O5. The first-order chi connectivity index (χ1) is 11.8. The summed E-state index contributed by atoms with van der Waals surface area (Å²) < 4.78 is 11.0. The molecule has 0 aromatic carbocycles. The Balaban J connectivity index is 2.00. The number of aliphatic hydroxyl groups is 2. The third kappa shape index (κ3) is 2.43. The molecule has 0 radical (unpaired) electrons. The maximum Gasteiger partial charge on any atom is 0.306 e. The monoisotopic (exact) mass is 366 g/mol. The summed E-state index contributed by atoms with van der Waals surface area (Å²) in [6.07, 6.45) is -2.10. The molecule has 0 aromatic rings. The molecule has 8 atom stereocenters. The van der Waals surface area contributed by atoms with Gasteiger partial charge in [0.05, 0.1) is 6.42 Å². The van der Waals surface area contributed by atoms with Crippen LogP contribution in [0.5, 0.6) is 0 Å². The average Bonchev–Trinajstić information content (AvgIpc) is 2.75. The molecule has 1 saturated carbocycles. The topological polar surface area (TPSA) is 76.0 Å². The smallest absolute Gasteiger partial charge is 0.306 e. The van der Waals surface area contributed by atoms with Crippen molar-refractivity contribution < 1.29 is 24.5 Å². The van der Waals surface area contributed by atoms with Crippen molar-refractivity contribution in [1.29, 1.82) is 0 Å². The molecule has 26 heavy (non-hydrogen) atoms. The number of rotatable bonds is 2. The Kier molecular flexibility index (Phi) is 4.42. The molecule has 0 amide bonds. The Morgan fingerprint density at radius 3 is 2.08 bits per heavy atom. The number of carbonyl (C=O) groups excluding carboxylic acids is 1. The van der Waals surface area contributed by atoms with Crippen molar-refractivity contribution >= 4 is 5.97 Å². The third-order valence-electron chi connectivity index (χ3n) is 7.99. The molecule has 0 spiro atoms. The van der Waals surface area contributed by atoms with Crippen molar-refractivity contribution in [3.63, 3.8) is 0 Å². The zero-order chi connectivity index (χ0) is 19.8. The lowest BCUT2D eigenvalue weighted by Crippen LogP contribution is -2.54. The van der Waals surface area contributed by atoms with E-state index in [2.05, 4.69) is 34.6 Å². The van der Waals surface area contributed by atoms with Crippen LogP contribution in [0.2, 0.25) is 0 Å². The van der Waals surface area contributed by atoms with Gasteiger partial charge in [0.2, 0.25) is 0 Å². The van der Waals surface area contributed by atoms with Crippen molar-refractivity contribution in [3.8, 4) is 0 Å². The van der Waals surface area contributed by atoms with Gasteiger partial charge in [0.1, 0.15) is 5.60 Å². The number of fused-ring (bicyclic) bond motifs is 5. The highest BCUT2D eigenvalue weighted by molar-refractivity contribution is 5.70. The Labute approximate surface area is 156 Å². The first-order valence-electron chi connectivity index (χ1n) is 9.68. The predicted molar refractivity (Wildman–Crippen MR) is 97.8 cm³/mol. The van der Waals surface area contributed by atoms with Gasteiger partial charge < -0.3 is 19.7 Å². The second-order valence-electron chi connectivity index (χ2n) is 9.96. The van der Waals surface area contributed by atoms with Crippen LogP contribution < -0.4 is 0 Å². The molecule has 0 aromatic heterocycles. The van der Waals surface area contributed by atoms with Gasteiger partial charge in [0, 0.05) is 11.8 Å². The fourth-order valence-electron chi connectivity index (χ4n) is 6.40. The fraction of sp³-hybridized carbons (Fsp3) is 0.857. The Morgan fingerprint density at radius 1 is 1.08 bits per heavy atom. The lowest BCUT2D eigenvalue weighted by atomic mass is 9.59. The van der Waals surface area contributed by atoms with E-state index in [0.717, 1.165) is 0 Å². The molecule has 2 aliphatic carbocycles. The van der Waals surface area contributed by atoms with E-state index in [4.69, 9.17) is 9.47 Å². The van der Waals surface area contributed by atoms with E-state index in [-0.39, 0.29) is 35.1 Å². The van der Waals surface area contributed by atoms with Gasteiger partial charge in [-0.2, -0.15) is 0 Å². The number of carbonyl (C=O) groups is 1. The maximum atomic E-state index is 12.5. The van der Waals surface area contributed by atoms with Gasteiger partial charge in [-0.1, -0.05) is 31.9 Å². The van der Waals surface area contributed by atoms with Crippen LogP contribution >= 0.6 is 0 Å². The van der Waals surface area contributed by atoms with E-state index < -0.39 is 24.1 Å². The van der Waals surface area contributed by atoms with Crippen LogP contribution in [0.15, 0.2) is 11.1 Å². The van der Waals surface area contributed by atoms with E-state index in [1.807, 2.05) is 20.8 Å². The largest absolute Gasteiger partial charge is 0.460 e. The second kappa shape index (κ2) is 5.79. The molecule has 1 aliphatic heterocycles. The van der Waals surface area contributed by atoms with Crippen LogP contribution in [0.25, 0.3) is 0 Å². The summed E-state index contributed by atoms with van der Waals surface area (Å²) >= 11 is 0. The fourth-order valence-corrected chi connectivity index (χ4v) is 6.40. The SMILES string of the molecule is CC1=C(C)[C@]2(C)[C@H](C)[C@]1(C)[C@@H]1[C@@H](CC(=O)OC(C)(C)C)C(O)OC(O)[C@@H]12. The summed E-state index contributed by atoms with van der Waals surface area (Å²) in [5.74, 6) is -0.590. The molecule has 5 heteroatoms. The Morgan fingerprint density at radius 2 is 1.58 bits per heavy atom. The van der Waals surface area contributed by atoms with Gasteiger partial charge >= 0.3 is 5.97 Å². The highest BCUT2D eigenvalue weighted by Gasteiger charge is 2.72. The van der Waals surface area contributed by atoms with Gasteiger partial charge in [-0.05, 0) is 57.3 Å². The van der Waals surface area contributed by atoms with Crippen LogP contribution in [0.1, 0.15) is 61.8 Å². The average molecular weight is 366 g/mol. The van der Waals surface area contributed by atoms with E-state index in [9.17, 15) is 15.0 Å². The molecule has 2 N–H and O–H groups in total. The summed E-state index contributed by atoms with van der Waals surface area (Å²) in [6, 6.07) is 0. The molecule has 1 saturated heterocycles. The van der Waals surface area contributed by atoms with Gasteiger partial charge in [-0.15, -0.1) is 0 Å². The highest BCUT2D eigenvalue weighted by Crippen LogP contribution is 2.75. The number of hydrogen-bond donors (Lipinski definition) is 2. The van der Waals surface area contributed by atoms with E-state index >= 15 is 0 Å². The van der Waals surface area contributed by atoms with E-state index in [1.54, 1.807) is 0 Å². The molecule has 2 unspecified atom stereocenters. The zero-order valence-electron chi connectivity index (χ0n) is 17.3. The molecule has 5 nitrogen and oxygen atoms in total. The molecule has 2 bridgehead atoms. The number of allylic oxidation sites excluding steroid dienone is 2. The molecule has 148 valence electrons. The van der Waals surface area contributed by atoms with Crippen LogP contribution in [0, 0.1) is 34.5 Å². The van der Waals surface area contributed by atoms with Crippen LogP contribution in [-0.4, -0.2) is 34.4 Å². The highest BCUT2D eigenvalue weighted by atomic mass is 16.7. The van der Waals surface area contributed by atoms with Crippen molar-refractivity contribution in [3.05, 3.63) is 11.1 Å². The summed E-state index contributed by atoms with van der Waals surface area (Å²) in [5.41, 5.74) is 1.69. The zero-order valence-corrected chi connectivity index (χ0v) is 17.3. The summed E-state index contributed by atoms with van der Waals surface area (Å²) in [5, 5.41) is 21.3. The molecule has 2 fully saturated rings. The van der Waals surface area contributed by atoms with Gasteiger partial charge in [0.15, 0.2) is 12.6 Å². The first-order valence-corrected chi connectivity index (χ1v) is 9.68. The quantitative estimate of drug-likeness (QED) is 0.580. The normalized spacial score (nSPS) is 47.9. The number of ether oxygens (including phenoxy) is 2. The molecular weight excluding hydrogens is 332 g/mol. The minimum atomic E-state index is -1.17. The van der Waals surface area contributed by atoms with Crippen LogP contribution in [0.4, 0.5) is 0 Å². The van der Waals surface area contributed by atoms with Crippen molar-refractivity contribution in [2.45, 2.75) is 80.0 Å². The predicted octanol–water partition coefficient (Wildman–Crippen LogP) is 3.25. The van der Waals surface area contributed by atoms with Gasteiger partial charge in [-0.25, -0.2) is 0 Å². The Hall–Kier alpha value is -0.910. The van der Waals surface area contributed by atoms with Crippen molar-refractivity contribution in [2.24, 2.45) is 34.5 Å². The van der Waals surface area contributed by atoms with Crippen molar-refractivity contribution in [1.82, 2.24) is 0 Å². The number of aliphatic hydroxyl groups excluding tert-OH is 2. The standard InChI is InChI=1S/C21H34O5/c1-10-11(2)21(8)12(3)20(10,7)15-13(9-14(22)26-19(4,5)6)17(23)25-18(24)16(15)21/h12-13,15-18,23-24H,9H2,1-8H3/t12-,13-,15-,16-,17?,18?,20-,21-/m1/s1. The summed E-state index contributed by atoms with van der Waals surface area (Å²) in [4.78, 5) is 12.5. The third-order valence-corrected chi connectivity index (χ3v) is 7.99. The van der Waals surface area contributed by atoms with Gasteiger partial charge in [0.25, 0.3) is 0 Å². The van der Waals surface area contributed by atoms with Crippen LogP contribution in [-0.2, 0) is 14.3 Å². The lowest BCUT2D eigenvalue weighted by Gasteiger charge is -2.51. The molecule has 3 rings (SSSR count). The maximum absolute atomic E-state index is 12.5. The van der Waals surface area contributed by atoms with Gasteiger partial charge in [-0.3, -0.25) is 4.79 Å². The lowest BCUT2D eigenvalue weighted by molar-refractivity contribution is -0.306. The molecule has 1 heterocycles.